The summed E-state index contributed by atoms with van der Waals surface area (Å²) in [5.74, 6) is -1.39. The van der Waals surface area contributed by atoms with E-state index in [1.54, 1.807) is 21.6 Å². The van der Waals surface area contributed by atoms with Crippen LogP contribution in [-0.4, -0.2) is 62.6 Å². The van der Waals surface area contributed by atoms with E-state index in [1.165, 1.54) is 11.8 Å². The van der Waals surface area contributed by atoms with Gasteiger partial charge in [0.05, 0.1) is 0 Å². The van der Waals surface area contributed by atoms with E-state index in [2.05, 4.69) is 9.08 Å². The third-order valence-corrected chi connectivity index (χ3v) is 11.3. The third-order valence-electron chi connectivity index (χ3n) is 6.48. The number of halogens is 1. The second-order valence-corrected chi connectivity index (χ2v) is 17.3. The minimum atomic E-state index is -3.74. The Kier molecular flexibility index (Phi) is 9.43. The van der Waals surface area contributed by atoms with Gasteiger partial charge in [0.25, 0.3) is 0 Å². The van der Waals surface area contributed by atoms with Gasteiger partial charge in [-0.3, -0.25) is 0 Å². The molecular weight excluding hydrogens is 711 g/mol. The Morgan fingerprint density at radius 1 is 1.11 bits per heavy atom. The van der Waals surface area contributed by atoms with Gasteiger partial charge in [-0.1, -0.05) is 0 Å². The van der Waals surface area contributed by atoms with Gasteiger partial charge in [0, 0.05) is 0 Å². The number of hydrogen-bond acceptors (Lipinski definition) is 7. The molecular formula is C29H28ClN4O6S3Se+. The summed E-state index contributed by atoms with van der Waals surface area (Å²) in [6.45, 7) is 1.54. The Labute approximate surface area is 270 Å². The molecule has 5 rings (SSSR count). The van der Waals surface area contributed by atoms with Crippen LogP contribution in [0.5, 0.6) is 0 Å². The van der Waals surface area contributed by atoms with Crippen molar-refractivity contribution < 1.29 is 31.3 Å². The summed E-state index contributed by atoms with van der Waals surface area (Å²) in [7, 11) is -7.36. The molecule has 2 N–H and O–H groups in total. The maximum absolute atomic E-state index is 12.8. The van der Waals surface area contributed by atoms with Crippen LogP contribution >= 0.6 is 23.4 Å². The Morgan fingerprint density at radius 3 is 2.48 bits per heavy atom. The molecule has 1 unspecified atom stereocenters. The molecule has 2 amide bonds. The number of amides is 2. The third kappa shape index (κ3) is 7.81. The molecule has 0 spiro atoms. The van der Waals surface area contributed by atoms with E-state index in [0.717, 1.165) is 58.8 Å². The first-order valence-corrected chi connectivity index (χ1v) is 19.9. The number of fused-ring (bicyclic) bond motifs is 3. The predicted octanol–water partition coefficient (Wildman–Crippen LogP) is 4.41. The van der Waals surface area contributed by atoms with Crippen LogP contribution in [-0.2, 0) is 36.2 Å². The number of sulfonamides is 1. The average Bonchev–Trinajstić information content (AvgIpc) is 3.41. The number of benzene rings is 3. The predicted molar refractivity (Wildman–Crippen MR) is 177 cm³/mol. The second kappa shape index (κ2) is 12.8. The van der Waals surface area contributed by atoms with Crippen LogP contribution in [0.25, 0.3) is 26.6 Å². The number of carbonyl (C=O) groups excluding carboxylic acids is 2. The molecule has 44 heavy (non-hydrogen) atoms. The molecule has 1 aromatic heterocycles. The molecule has 0 fully saturated rings. The Balaban J connectivity index is 1.60. The van der Waals surface area contributed by atoms with E-state index in [4.69, 9.17) is 11.6 Å². The normalized spacial score (nSPS) is 15.9. The summed E-state index contributed by atoms with van der Waals surface area (Å²) in [6, 6.07) is 17.4. The summed E-state index contributed by atoms with van der Waals surface area (Å²) >= 11 is 7.56. The van der Waals surface area contributed by atoms with Gasteiger partial charge in [0.15, 0.2) is 0 Å². The molecule has 230 valence electrons. The van der Waals surface area contributed by atoms with Crippen molar-refractivity contribution in [1.82, 2.24) is 4.72 Å². The van der Waals surface area contributed by atoms with Crippen LogP contribution in [0.4, 0.5) is 5.69 Å². The fourth-order valence-corrected chi connectivity index (χ4v) is 9.30. The summed E-state index contributed by atoms with van der Waals surface area (Å²) in [5.41, 5.74) is 2.43. The van der Waals surface area contributed by atoms with E-state index < -0.39 is 31.8 Å². The second-order valence-electron chi connectivity index (χ2n) is 10.1. The molecule has 0 radical (unpaired) electrons. The molecule has 3 aromatic carbocycles. The molecule has 4 aromatic rings. The van der Waals surface area contributed by atoms with E-state index in [1.807, 2.05) is 61.5 Å². The van der Waals surface area contributed by atoms with Crippen molar-refractivity contribution in [2.75, 3.05) is 24.0 Å². The van der Waals surface area contributed by atoms with Crippen molar-refractivity contribution in [2.45, 2.75) is 24.8 Å². The molecule has 0 aliphatic carbocycles. The van der Waals surface area contributed by atoms with Crippen molar-refractivity contribution in [3.8, 4) is 0 Å². The standard InChI is InChI=1S/C29H27ClN4O6S3Se/c1-4-18(12-29-34(17-27(36)32-43(3,39)40)23-15-21(30)9-10-25(23)44-29)11-28-33(16-26(35)31-42(2,37)38)22-13-19-7-5-6-8-20(19)14-24(22)41-28/h5-15H,4,16-17H2,1-3H3,(H-,31,32,35,36,39,40)/p+1. The molecule has 15 heteroatoms. The summed E-state index contributed by atoms with van der Waals surface area (Å²) < 4.78 is 54.0. The van der Waals surface area contributed by atoms with Crippen molar-refractivity contribution in [3.63, 3.8) is 0 Å². The number of rotatable bonds is 8. The van der Waals surface area contributed by atoms with E-state index in [-0.39, 0.29) is 27.6 Å². The SMILES string of the molecule is CCC(=Cc1[se]c2ccc(Cl)cc2[n+]1CC(=O)N=S(C)(=O)O)C=C1Sc2cc3ccccc3cc2N1CC(=O)NS(C)(=O)=O. The molecule has 10 nitrogen and oxygen atoms in total. The first-order chi connectivity index (χ1) is 20.7. The van der Waals surface area contributed by atoms with Crippen LogP contribution in [0.1, 0.15) is 17.9 Å². The Hall–Kier alpha value is -2.97. The zero-order valence-corrected chi connectivity index (χ0v) is 28.7. The van der Waals surface area contributed by atoms with Crippen LogP contribution < -0.4 is 14.2 Å². The van der Waals surface area contributed by atoms with Crippen molar-refractivity contribution in [2.24, 2.45) is 4.36 Å². The number of anilines is 1. The number of aromatic nitrogens is 1. The first kappa shape index (κ1) is 32.4. The number of nitrogens with zero attached hydrogens (tertiary/aromatic N) is 3. The summed E-state index contributed by atoms with van der Waals surface area (Å²) in [5, 5.41) is 3.26. The number of nitrogens with one attached hydrogen (secondary N) is 1. The fraction of sp³-hybridized carbons (Fsp3) is 0.207. The molecule has 1 atom stereocenters. The van der Waals surface area contributed by atoms with Gasteiger partial charge >= 0.3 is 272 Å². The molecule has 0 saturated heterocycles. The molecule has 0 saturated carbocycles. The zero-order chi connectivity index (χ0) is 31.8. The number of carbonyl (C=O) groups is 2. The van der Waals surface area contributed by atoms with Crippen LogP contribution in [0.2, 0.25) is 5.02 Å². The van der Waals surface area contributed by atoms with Crippen LogP contribution in [0.3, 0.4) is 0 Å². The minimum absolute atomic E-state index is 0.204. The van der Waals surface area contributed by atoms with E-state index in [0.29, 0.717) is 11.4 Å². The van der Waals surface area contributed by atoms with E-state index in [9.17, 15) is 26.8 Å². The monoisotopic (exact) mass is 739 g/mol. The molecule has 1 aliphatic rings. The van der Waals surface area contributed by atoms with Gasteiger partial charge in [-0.2, -0.15) is 0 Å². The number of allylic oxidation sites excluding steroid dienone is 2. The van der Waals surface area contributed by atoms with Gasteiger partial charge in [0.1, 0.15) is 0 Å². The number of thioether (sulfide) groups is 1. The van der Waals surface area contributed by atoms with Crippen LogP contribution in [0.15, 0.2) is 80.5 Å². The summed E-state index contributed by atoms with van der Waals surface area (Å²) in [6.07, 6.45) is 6.46. The van der Waals surface area contributed by atoms with Gasteiger partial charge in [-0.15, -0.1) is 0 Å². The fourth-order valence-electron chi connectivity index (χ4n) is 4.70. The molecule has 0 bridgehead atoms. The van der Waals surface area contributed by atoms with Gasteiger partial charge in [-0.05, 0) is 0 Å². The Morgan fingerprint density at radius 2 is 1.82 bits per heavy atom. The topological polar surface area (TPSA) is 137 Å². The van der Waals surface area contributed by atoms with Gasteiger partial charge in [-0.25, -0.2) is 0 Å². The quantitative estimate of drug-likeness (QED) is 0.201. The maximum atomic E-state index is 12.8. The summed E-state index contributed by atoms with van der Waals surface area (Å²) in [4.78, 5) is 28.2. The van der Waals surface area contributed by atoms with Gasteiger partial charge in [0.2, 0.25) is 0 Å². The van der Waals surface area contributed by atoms with Crippen molar-refractivity contribution in [1.29, 1.82) is 0 Å². The molecule has 1 aliphatic heterocycles. The number of hydrogen-bond donors (Lipinski definition) is 2. The van der Waals surface area contributed by atoms with Gasteiger partial charge < -0.3 is 0 Å². The van der Waals surface area contributed by atoms with Crippen molar-refractivity contribution in [3.05, 3.63) is 80.9 Å². The Bertz CT molecular complexity index is 2130. The first-order valence-electron chi connectivity index (χ1n) is 13.2. The van der Waals surface area contributed by atoms with Crippen LogP contribution in [0, 0.1) is 0 Å². The average molecular weight is 739 g/mol. The molecule has 2 heterocycles. The zero-order valence-electron chi connectivity index (χ0n) is 23.8. The van der Waals surface area contributed by atoms with Crippen molar-refractivity contribution >= 4 is 102 Å². The van der Waals surface area contributed by atoms with E-state index >= 15 is 0 Å².